The number of benzene rings is 1. The van der Waals surface area contributed by atoms with Crippen LogP contribution in [0.1, 0.15) is 25.8 Å². The number of halogens is 2. The zero-order valence-electron chi connectivity index (χ0n) is 12.3. The maximum absolute atomic E-state index is 13.3. The third-order valence-electron chi connectivity index (χ3n) is 3.22. The van der Waals surface area contributed by atoms with Crippen molar-refractivity contribution >= 4 is 6.03 Å². The lowest BCUT2D eigenvalue weighted by atomic mass is 10.0. The highest BCUT2D eigenvalue weighted by Crippen LogP contribution is 2.11. The van der Waals surface area contributed by atoms with Gasteiger partial charge in [0.1, 0.15) is 11.6 Å². The molecule has 0 saturated heterocycles. The van der Waals surface area contributed by atoms with Gasteiger partial charge in [-0.1, -0.05) is 19.9 Å². The molecule has 21 heavy (non-hydrogen) atoms. The maximum Gasteiger partial charge on any atom is 0.314 e. The van der Waals surface area contributed by atoms with Crippen molar-refractivity contribution < 1.29 is 18.7 Å². The van der Waals surface area contributed by atoms with Gasteiger partial charge in [-0.25, -0.2) is 13.6 Å². The number of hydrogen-bond donors (Lipinski definition) is 3. The van der Waals surface area contributed by atoms with E-state index in [9.17, 15) is 18.7 Å². The molecule has 0 saturated carbocycles. The summed E-state index contributed by atoms with van der Waals surface area (Å²) in [5, 5.41) is 14.7. The molecule has 1 rings (SSSR count). The van der Waals surface area contributed by atoms with Crippen LogP contribution in [0.25, 0.3) is 0 Å². The second-order valence-electron chi connectivity index (χ2n) is 5.23. The van der Waals surface area contributed by atoms with Gasteiger partial charge in [0.25, 0.3) is 0 Å². The average Bonchev–Trinajstić information content (AvgIpc) is 2.41. The average molecular weight is 300 g/mol. The Bertz CT molecular complexity index is 447. The summed E-state index contributed by atoms with van der Waals surface area (Å²) in [6.07, 6.45) is 0.0888. The predicted molar refractivity (Wildman–Crippen MR) is 76.9 cm³/mol. The Labute approximate surface area is 123 Å². The van der Waals surface area contributed by atoms with Gasteiger partial charge >= 0.3 is 6.03 Å². The van der Waals surface area contributed by atoms with Crippen LogP contribution in [0.15, 0.2) is 18.2 Å². The summed E-state index contributed by atoms with van der Waals surface area (Å²) >= 11 is 0. The summed E-state index contributed by atoms with van der Waals surface area (Å²) in [7, 11) is 0. The van der Waals surface area contributed by atoms with Crippen molar-refractivity contribution in [3.63, 3.8) is 0 Å². The Morgan fingerprint density at radius 1 is 1.19 bits per heavy atom. The molecule has 6 heteroatoms. The first-order chi connectivity index (χ1) is 9.91. The molecule has 0 heterocycles. The smallest absolute Gasteiger partial charge is 0.314 e. The van der Waals surface area contributed by atoms with Crippen LogP contribution in [-0.4, -0.2) is 30.3 Å². The van der Waals surface area contributed by atoms with E-state index < -0.39 is 23.8 Å². The van der Waals surface area contributed by atoms with E-state index in [0.717, 1.165) is 0 Å². The molecule has 0 fully saturated rings. The third-order valence-corrected chi connectivity index (χ3v) is 3.22. The Balaban J connectivity index is 2.25. The molecule has 1 unspecified atom stereocenters. The highest BCUT2D eigenvalue weighted by Gasteiger charge is 2.10. The lowest BCUT2D eigenvalue weighted by Gasteiger charge is -2.14. The largest absolute Gasteiger partial charge is 0.393 e. The van der Waals surface area contributed by atoms with Crippen LogP contribution in [0.2, 0.25) is 0 Å². The molecule has 4 nitrogen and oxygen atoms in total. The number of aliphatic hydroxyl groups excluding tert-OH is 1. The lowest BCUT2D eigenvalue weighted by molar-refractivity contribution is 0.116. The molecule has 0 aromatic heterocycles. The second-order valence-corrected chi connectivity index (χ2v) is 5.23. The number of nitrogens with one attached hydrogen (secondary N) is 2. The van der Waals surface area contributed by atoms with Gasteiger partial charge < -0.3 is 15.7 Å². The normalized spacial score (nSPS) is 12.3. The number of urea groups is 1. The maximum atomic E-state index is 13.3. The Kier molecular flexibility index (Phi) is 7.08. The fraction of sp³-hybridized carbons (Fsp3) is 0.533. The third kappa shape index (κ3) is 6.08. The van der Waals surface area contributed by atoms with E-state index in [0.29, 0.717) is 13.0 Å². The number of carbonyl (C=O) groups is 1. The fourth-order valence-corrected chi connectivity index (χ4v) is 1.80. The van der Waals surface area contributed by atoms with Crippen molar-refractivity contribution in [2.75, 3.05) is 13.1 Å². The van der Waals surface area contributed by atoms with Crippen molar-refractivity contribution in [2.45, 2.75) is 32.8 Å². The van der Waals surface area contributed by atoms with Crippen LogP contribution >= 0.6 is 0 Å². The van der Waals surface area contributed by atoms with Crippen molar-refractivity contribution in [3.05, 3.63) is 35.4 Å². The zero-order valence-corrected chi connectivity index (χ0v) is 12.3. The van der Waals surface area contributed by atoms with Gasteiger partial charge in [-0.2, -0.15) is 0 Å². The van der Waals surface area contributed by atoms with Gasteiger partial charge in [0.05, 0.1) is 6.10 Å². The Hall–Kier alpha value is -1.69. The van der Waals surface area contributed by atoms with Crippen molar-refractivity contribution in [1.82, 2.24) is 10.6 Å². The zero-order chi connectivity index (χ0) is 15.8. The van der Waals surface area contributed by atoms with Crippen LogP contribution in [0, 0.1) is 17.6 Å². The molecular weight excluding hydrogens is 278 g/mol. The number of hydrogen-bond acceptors (Lipinski definition) is 2. The van der Waals surface area contributed by atoms with Gasteiger partial charge in [-0.05, 0) is 30.9 Å². The molecule has 0 aliphatic rings. The first kappa shape index (κ1) is 17.4. The first-order valence-corrected chi connectivity index (χ1v) is 7.04. The monoisotopic (exact) mass is 300 g/mol. The summed E-state index contributed by atoms with van der Waals surface area (Å²) in [5.74, 6) is -1.09. The molecule has 3 N–H and O–H groups in total. The van der Waals surface area contributed by atoms with Gasteiger partial charge in [0.2, 0.25) is 0 Å². The van der Waals surface area contributed by atoms with Crippen LogP contribution in [0.3, 0.4) is 0 Å². The first-order valence-electron chi connectivity index (χ1n) is 7.04. The molecule has 0 aliphatic heterocycles. The second kappa shape index (κ2) is 8.56. The van der Waals surface area contributed by atoms with E-state index >= 15 is 0 Å². The summed E-state index contributed by atoms with van der Waals surface area (Å²) in [6, 6.07) is 3.26. The Morgan fingerprint density at radius 3 is 2.33 bits per heavy atom. The topological polar surface area (TPSA) is 61.4 Å². The van der Waals surface area contributed by atoms with E-state index in [1.807, 2.05) is 13.8 Å². The molecule has 1 aromatic rings. The predicted octanol–water partition coefficient (Wildman–Crippen LogP) is 2.21. The van der Waals surface area contributed by atoms with E-state index in [1.165, 1.54) is 18.2 Å². The van der Waals surface area contributed by atoms with Crippen LogP contribution in [0.4, 0.5) is 13.6 Å². The van der Waals surface area contributed by atoms with Crippen LogP contribution < -0.4 is 10.6 Å². The molecule has 0 bridgehead atoms. The number of carbonyl (C=O) groups excluding carboxylic acids is 1. The molecule has 118 valence electrons. The fourth-order valence-electron chi connectivity index (χ4n) is 1.80. The summed E-state index contributed by atoms with van der Waals surface area (Å²) in [4.78, 5) is 11.5. The summed E-state index contributed by atoms with van der Waals surface area (Å²) in [5.41, 5.74) is -0.0342. The van der Waals surface area contributed by atoms with E-state index in [1.54, 1.807) is 0 Å². The molecule has 0 radical (unpaired) electrons. The number of aliphatic hydroxyl groups is 1. The molecule has 1 atom stereocenters. The van der Waals surface area contributed by atoms with Crippen LogP contribution in [-0.2, 0) is 6.42 Å². The molecule has 0 aliphatic carbocycles. The highest BCUT2D eigenvalue weighted by molar-refractivity contribution is 5.73. The lowest BCUT2D eigenvalue weighted by Crippen LogP contribution is -2.38. The van der Waals surface area contributed by atoms with E-state index in [4.69, 9.17) is 0 Å². The standard InChI is InChI=1S/C15H22F2N2O2/c1-10(2)14(20)7-9-19-15(21)18-8-6-11-12(16)4-3-5-13(11)17/h3-5,10,14,20H,6-9H2,1-2H3,(H2,18,19,21). The van der Waals surface area contributed by atoms with Crippen molar-refractivity contribution in [3.8, 4) is 0 Å². The Morgan fingerprint density at radius 2 is 1.76 bits per heavy atom. The van der Waals surface area contributed by atoms with E-state index in [-0.39, 0.29) is 24.4 Å². The van der Waals surface area contributed by atoms with E-state index in [2.05, 4.69) is 10.6 Å². The molecular formula is C15H22F2N2O2. The minimum atomic E-state index is -0.614. The van der Waals surface area contributed by atoms with Gasteiger partial charge in [0.15, 0.2) is 0 Å². The highest BCUT2D eigenvalue weighted by atomic mass is 19.1. The number of amides is 2. The quantitative estimate of drug-likeness (QED) is 0.723. The number of rotatable bonds is 7. The molecule has 0 spiro atoms. The summed E-state index contributed by atoms with van der Waals surface area (Å²) in [6.45, 7) is 4.27. The SMILES string of the molecule is CC(C)C(O)CCNC(=O)NCCc1c(F)cccc1F. The van der Waals surface area contributed by atoms with Crippen molar-refractivity contribution in [2.24, 2.45) is 5.92 Å². The molecule has 1 aromatic carbocycles. The van der Waals surface area contributed by atoms with Crippen molar-refractivity contribution in [1.29, 1.82) is 0 Å². The van der Waals surface area contributed by atoms with Crippen LogP contribution in [0.5, 0.6) is 0 Å². The van der Waals surface area contributed by atoms with Gasteiger partial charge in [-0.15, -0.1) is 0 Å². The van der Waals surface area contributed by atoms with Gasteiger partial charge in [-0.3, -0.25) is 0 Å². The minimum absolute atomic E-state index is 0.0342. The molecule has 2 amide bonds. The van der Waals surface area contributed by atoms with Gasteiger partial charge in [0, 0.05) is 18.7 Å². The minimum Gasteiger partial charge on any atom is -0.393 e. The summed E-state index contributed by atoms with van der Waals surface area (Å²) < 4.78 is 26.7.